The third kappa shape index (κ3) is 5.79. The Balaban J connectivity index is 1.24. The maximum atomic E-state index is 10.9. The summed E-state index contributed by atoms with van der Waals surface area (Å²) in [4.78, 5) is 10.3. The quantitative estimate of drug-likeness (QED) is 0.215. The lowest BCUT2D eigenvalue weighted by Crippen LogP contribution is -2.66. The van der Waals surface area contributed by atoms with Crippen LogP contribution >= 0.6 is 11.6 Å². The number of non-ortho nitro benzene ring substituents is 1. The van der Waals surface area contributed by atoms with Gasteiger partial charge in [0.15, 0.2) is 12.6 Å². The molecule has 0 amide bonds. The van der Waals surface area contributed by atoms with Crippen LogP contribution < -0.4 is 4.74 Å². The Morgan fingerprint density at radius 1 is 0.950 bits per heavy atom. The van der Waals surface area contributed by atoms with Crippen LogP contribution in [0.3, 0.4) is 0 Å². The van der Waals surface area contributed by atoms with Gasteiger partial charge in [-0.15, -0.1) is 0 Å². The highest BCUT2D eigenvalue weighted by atomic mass is 35.5. The van der Waals surface area contributed by atoms with E-state index in [1.807, 2.05) is 6.07 Å². The molecule has 0 saturated carbocycles. The second kappa shape index (κ2) is 12.2. The highest BCUT2D eigenvalue weighted by molar-refractivity contribution is 6.32. The molecule has 2 aromatic carbocycles. The third-order valence-electron chi connectivity index (χ3n) is 6.89. The van der Waals surface area contributed by atoms with Gasteiger partial charge in [-0.1, -0.05) is 41.9 Å². The number of hydrogen-bond donors (Lipinski definition) is 5. The minimum atomic E-state index is -1.74. The smallest absolute Gasteiger partial charge is 0.271 e. The monoisotopic (exact) mass is 585 g/mol. The molecule has 5 N–H and O–H groups in total. The van der Waals surface area contributed by atoms with E-state index in [-0.39, 0.29) is 23.1 Å². The summed E-state index contributed by atoms with van der Waals surface area (Å²) in [6.07, 6.45) is -14.9. The van der Waals surface area contributed by atoms with Crippen LogP contribution in [0, 0.1) is 10.1 Å². The van der Waals surface area contributed by atoms with Gasteiger partial charge in [-0.05, 0) is 6.07 Å². The Morgan fingerprint density at radius 2 is 1.68 bits per heavy atom. The van der Waals surface area contributed by atoms with Gasteiger partial charge in [0, 0.05) is 17.7 Å². The van der Waals surface area contributed by atoms with E-state index < -0.39 is 79.2 Å². The average molecular weight is 586 g/mol. The van der Waals surface area contributed by atoms with Crippen LogP contribution in [0.4, 0.5) is 5.69 Å². The van der Waals surface area contributed by atoms with Crippen LogP contribution in [0.15, 0.2) is 48.5 Å². The number of nitrogens with zero attached hydrogens (tertiary/aromatic N) is 1. The number of aliphatic hydroxyl groups is 5. The second-order valence-electron chi connectivity index (χ2n) is 9.50. The first kappa shape index (κ1) is 29.0. The fraction of sp³-hybridized carbons (Fsp3) is 0.520. The first-order chi connectivity index (χ1) is 19.2. The fourth-order valence-corrected chi connectivity index (χ4v) is 4.99. The van der Waals surface area contributed by atoms with Crippen molar-refractivity contribution in [3.63, 3.8) is 0 Å². The molecule has 3 heterocycles. The first-order valence-electron chi connectivity index (χ1n) is 12.4. The van der Waals surface area contributed by atoms with Gasteiger partial charge in [0.1, 0.15) is 54.6 Å². The van der Waals surface area contributed by atoms with Crippen molar-refractivity contribution in [2.24, 2.45) is 0 Å². The molecule has 15 heteroatoms. The molecule has 14 nitrogen and oxygen atoms in total. The Labute approximate surface area is 232 Å². The van der Waals surface area contributed by atoms with Gasteiger partial charge >= 0.3 is 0 Å². The lowest BCUT2D eigenvalue weighted by molar-refractivity contribution is -0.385. The summed E-state index contributed by atoms with van der Waals surface area (Å²) in [5.41, 5.74) is 0.430. The predicted molar refractivity (Wildman–Crippen MR) is 132 cm³/mol. The molecular weight excluding hydrogens is 558 g/mol. The molecule has 0 aromatic heterocycles. The number of halogens is 1. The van der Waals surface area contributed by atoms with Gasteiger partial charge in [-0.3, -0.25) is 10.1 Å². The second-order valence-corrected chi connectivity index (χ2v) is 9.91. The SMILES string of the molecule is O=[N+]([O-])c1ccc(O[C@@H]2O[C@H](CO)[C@@H](O[C@@H]3O[C@@H]4COC(c5ccccc5)O[C@H]4[C@H](O)[C@H]3O)[C@H](O)[C@H]2O)c(Cl)c1. The van der Waals surface area contributed by atoms with Crippen LogP contribution in [-0.2, 0) is 23.7 Å². The van der Waals surface area contributed by atoms with Crippen molar-refractivity contribution in [2.75, 3.05) is 13.2 Å². The maximum absolute atomic E-state index is 10.9. The highest BCUT2D eigenvalue weighted by Crippen LogP contribution is 2.37. The summed E-state index contributed by atoms with van der Waals surface area (Å²) >= 11 is 6.04. The number of benzene rings is 2. The van der Waals surface area contributed by atoms with E-state index >= 15 is 0 Å². The zero-order chi connectivity index (χ0) is 28.6. The Kier molecular flexibility index (Phi) is 8.84. The fourth-order valence-electron chi connectivity index (χ4n) is 4.77. The number of hydrogen-bond acceptors (Lipinski definition) is 13. The standard InChI is InChI=1S/C25H28ClNO13/c26-13-8-12(27(33)34)6-7-14(13)36-24-19(31)17(29)21(15(9-28)37-24)40-25-20(32)18(30)22-16(38-25)10-35-23(39-22)11-4-2-1-3-5-11/h1-8,15-25,28-32H,9-10H2/t15-,16-,17-,18-,19-,20-,21-,22-,23?,24-,25+/m1/s1. The first-order valence-corrected chi connectivity index (χ1v) is 12.8. The van der Waals surface area contributed by atoms with E-state index in [4.69, 9.17) is 40.0 Å². The van der Waals surface area contributed by atoms with Crippen molar-refractivity contribution in [2.45, 2.75) is 67.7 Å². The lowest BCUT2D eigenvalue weighted by atomic mass is 9.96. The van der Waals surface area contributed by atoms with E-state index in [0.717, 1.165) is 17.7 Å². The van der Waals surface area contributed by atoms with Crippen molar-refractivity contribution < 1.29 is 58.9 Å². The van der Waals surface area contributed by atoms with Gasteiger partial charge < -0.3 is 54.0 Å². The lowest BCUT2D eigenvalue weighted by Gasteiger charge is -2.48. The van der Waals surface area contributed by atoms with Gasteiger partial charge in [0.2, 0.25) is 6.29 Å². The molecule has 40 heavy (non-hydrogen) atoms. The van der Waals surface area contributed by atoms with Crippen molar-refractivity contribution in [1.82, 2.24) is 0 Å². The Bertz CT molecular complexity index is 1170. The molecule has 3 fully saturated rings. The van der Waals surface area contributed by atoms with Gasteiger partial charge in [-0.2, -0.15) is 0 Å². The van der Waals surface area contributed by atoms with Crippen LogP contribution in [0.2, 0.25) is 5.02 Å². The molecular formula is C25H28ClNO13. The summed E-state index contributed by atoms with van der Waals surface area (Å²) in [6, 6.07) is 12.4. The largest absolute Gasteiger partial charge is 0.460 e. The van der Waals surface area contributed by atoms with Crippen molar-refractivity contribution in [3.05, 3.63) is 69.2 Å². The van der Waals surface area contributed by atoms with E-state index in [2.05, 4.69) is 0 Å². The predicted octanol–water partition coefficient (Wildman–Crippen LogP) is 0.0121. The van der Waals surface area contributed by atoms with E-state index in [0.29, 0.717) is 0 Å². The Hall–Kier alpha value is -2.47. The molecule has 1 unspecified atom stereocenters. The van der Waals surface area contributed by atoms with Crippen molar-refractivity contribution >= 4 is 17.3 Å². The van der Waals surface area contributed by atoms with Crippen molar-refractivity contribution in [3.8, 4) is 5.75 Å². The van der Waals surface area contributed by atoms with Gasteiger partial charge in [0.25, 0.3) is 5.69 Å². The topological polar surface area (TPSA) is 200 Å². The van der Waals surface area contributed by atoms with Crippen LogP contribution in [0.1, 0.15) is 11.9 Å². The van der Waals surface area contributed by atoms with Crippen molar-refractivity contribution in [1.29, 1.82) is 0 Å². The maximum Gasteiger partial charge on any atom is 0.271 e. The van der Waals surface area contributed by atoms with Crippen LogP contribution in [0.25, 0.3) is 0 Å². The van der Waals surface area contributed by atoms with Crippen LogP contribution in [0.5, 0.6) is 5.75 Å². The molecule has 3 aliphatic heterocycles. The molecule has 3 saturated heterocycles. The summed E-state index contributed by atoms with van der Waals surface area (Å²) in [7, 11) is 0. The molecule has 0 radical (unpaired) electrons. The molecule has 5 rings (SSSR count). The molecule has 2 aromatic rings. The number of fused-ring (bicyclic) bond motifs is 1. The summed E-state index contributed by atoms with van der Waals surface area (Å²) in [6.45, 7) is -0.708. The number of nitro groups is 1. The highest BCUT2D eigenvalue weighted by Gasteiger charge is 2.53. The molecule has 218 valence electrons. The van der Waals surface area contributed by atoms with E-state index in [1.165, 1.54) is 6.07 Å². The minimum absolute atomic E-state index is 0.00441. The van der Waals surface area contributed by atoms with E-state index in [9.17, 15) is 35.6 Å². The Morgan fingerprint density at radius 3 is 2.35 bits per heavy atom. The summed E-state index contributed by atoms with van der Waals surface area (Å²) in [5.74, 6) is -0.0779. The normalized spacial score (nSPS) is 37.9. The molecule has 0 aliphatic carbocycles. The zero-order valence-corrected chi connectivity index (χ0v) is 21.5. The molecule has 0 bridgehead atoms. The van der Waals surface area contributed by atoms with Crippen LogP contribution in [-0.4, -0.2) is 105 Å². The number of aliphatic hydroxyl groups excluding tert-OH is 5. The molecule has 3 aliphatic rings. The zero-order valence-electron chi connectivity index (χ0n) is 20.7. The molecule has 0 spiro atoms. The number of nitro benzene ring substituents is 1. The van der Waals surface area contributed by atoms with E-state index in [1.54, 1.807) is 24.3 Å². The number of rotatable bonds is 7. The average Bonchev–Trinajstić information content (AvgIpc) is 2.96. The van der Waals surface area contributed by atoms with Gasteiger partial charge in [0.05, 0.1) is 23.2 Å². The van der Waals surface area contributed by atoms with Gasteiger partial charge in [-0.25, -0.2) is 0 Å². The third-order valence-corrected chi connectivity index (χ3v) is 7.18. The summed E-state index contributed by atoms with van der Waals surface area (Å²) in [5, 5.41) is 63.8. The summed E-state index contributed by atoms with van der Waals surface area (Å²) < 4.78 is 34.2. The minimum Gasteiger partial charge on any atom is -0.460 e. The molecule has 11 atom stereocenters. The number of ether oxygens (including phenoxy) is 6.